The van der Waals surface area contributed by atoms with Crippen molar-refractivity contribution in [2.75, 3.05) is 12.4 Å². The number of hydrogen-bond donors (Lipinski definition) is 3. The molecule has 0 saturated carbocycles. The Bertz CT molecular complexity index is 981. The number of halogens is 2. The highest BCUT2D eigenvalue weighted by Gasteiger charge is 2.51. The minimum Gasteiger partial charge on any atom is -0.493 e. The van der Waals surface area contributed by atoms with E-state index in [9.17, 15) is 23.8 Å². The van der Waals surface area contributed by atoms with Crippen LogP contribution in [0.5, 0.6) is 5.75 Å². The third-order valence-corrected chi connectivity index (χ3v) is 6.11. The van der Waals surface area contributed by atoms with E-state index in [2.05, 4.69) is 10.3 Å². The van der Waals surface area contributed by atoms with Crippen LogP contribution in [-0.4, -0.2) is 46.0 Å². The quantitative estimate of drug-likeness (QED) is 0.624. The largest absolute Gasteiger partial charge is 0.493 e. The molecule has 7 nitrogen and oxygen atoms in total. The highest BCUT2D eigenvalue weighted by molar-refractivity contribution is 5.95. The van der Waals surface area contributed by atoms with Crippen LogP contribution in [0.1, 0.15) is 51.0 Å². The van der Waals surface area contributed by atoms with Gasteiger partial charge in [-0.1, -0.05) is 13.0 Å². The Morgan fingerprint density at radius 3 is 2.50 bits per heavy atom. The molecule has 1 saturated heterocycles. The van der Waals surface area contributed by atoms with Crippen molar-refractivity contribution in [2.45, 2.75) is 57.5 Å². The zero-order chi connectivity index (χ0) is 23.8. The fourth-order valence-electron chi connectivity index (χ4n) is 3.98. The first-order valence-corrected chi connectivity index (χ1v) is 10.3. The molecule has 0 bridgehead atoms. The van der Waals surface area contributed by atoms with Crippen molar-refractivity contribution < 1.29 is 33.3 Å². The number of carbonyl (C=O) groups is 1. The number of aliphatic hydroxyl groups excluding tert-OH is 2. The standard InChI is InChI=1S/C23H28F2N2O5/c1-11-17(14-7-8-15(24)18(25)20(14)31-5)21(32-23(11,3)4)22(30)27-13-6-9-16(26-10-13)19(29)12(2)28/h6-12,17,19,21,28-29H,1-5H3,(H,27,30)/t11-,12+,17-,19-,21+/m0/s1. The fraction of sp³-hybridized carbons (Fsp3) is 0.478. The molecule has 5 atom stereocenters. The van der Waals surface area contributed by atoms with Crippen LogP contribution in [0.2, 0.25) is 0 Å². The molecule has 2 aromatic rings. The van der Waals surface area contributed by atoms with Crippen molar-refractivity contribution in [1.82, 2.24) is 4.98 Å². The molecule has 32 heavy (non-hydrogen) atoms. The highest BCUT2D eigenvalue weighted by Crippen LogP contribution is 2.49. The molecular formula is C23H28F2N2O5. The Labute approximate surface area is 185 Å². The number of methoxy groups -OCH3 is 1. The van der Waals surface area contributed by atoms with Gasteiger partial charge < -0.3 is 25.0 Å². The summed E-state index contributed by atoms with van der Waals surface area (Å²) in [5.41, 5.74) is 0.243. The highest BCUT2D eigenvalue weighted by atomic mass is 19.2. The predicted molar refractivity (Wildman–Crippen MR) is 113 cm³/mol. The zero-order valence-electron chi connectivity index (χ0n) is 18.6. The molecule has 3 N–H and O–H groups in total. The van der Waals surface area contributed by atoms with Gasteiger partial charge in [0.25, 0.3) is 5.91 Å². The van der Waals surface area contributed by atoms with Crippen LogP contribution in [0, 0.1) is 17.6 Å². The number of rotatable bonds is 6. The molecule has 1 aromatic heterocycles. The maximum atomic E-state index is 14.4. The summed E-state index contributed by atoms with van der Waals surface area (Å²) in [6.07, 6.45) is -1.79. The topological polar surface area (TPSA) is 101 Å². The number of aromatic nitrogens is 1. The van der Waals surface area contributed by atoms with Gasteiger partial charge in [-0.25, -0.2) is 4.39 Å². The summed E-state index contributed by atoms with van der Waals surface area (Å²) in [6, 6.07) is 5.46. The summed E-state index contributed by atoms with van der Waals surface area (Å²) < 4.78 is 39.3. The number of nitrogens with one attached hydrogen (secondary N) is 1. The summed E-state index contributed by atoms with van der Waals surface area (Å²) in [4.78, 5) is 17.2. The van der Waals surface area contributed by atoms with Crippen LogP contribution in [0.3, 0.4) is 0 Å². The van der Waals surface area contributed by atoms with Crippen molar-refractivity contribution in [2.24, 2.45) is 5.92 Å². The first-order valence-electron chi connectivity index (χ1n) is 10.3. The normalized spacial score (nSPS) is 24.1. The van der Waals surface area contributed by atoms with Crippen LogP contribution in [0.4, 0.5) is 14.5 Å². The molecule has 3 rings (SSSR count). The molecule has 0 aliphatic carbocycles. The lowest BCUT2D eigenvalue weighted by Crippen LogP contribution is -2.33. The van der Waals surface area contributed by atoms with E-state index in [1.807, 2.05) is 20.8 Å². The van der Waals surface area contributed by atoms with Crippen molar-refractivity contribution in [1.29, 1.82) is 0 Å². The summed E-state index contributed by atoms with van der Waals surface area (Å²) in [6.45, 7) is 6.98. The molecular weight excluding hydrogens is 422 g/mol. The van der Waals surface area contributed by atoms with Crippen LogP contribution in [0.15, 0.2) is 30.5 Å². The van der Waals surface area contributed by atoms with Crippen molar-refractivity contribution in [3.05, 3.63) is 53.4 Å². The second-order valence-corrected chi connectivity index (χ2v) is 8.59. The van der Waals surface area contributed by atoms with Gasteiger partial charge in [0.2, 0.25) is 5.82 Å². The molecule has 0 radical (unpaired) electrons. The monoisotopic (exact) mass is 450 g/mol. The van der Waals surface area contributed by atoms with E-state index in [1.54, 1.807) is 6.07 Å². The maximum absolute atomic E-state index is 14.4. The van der Waals surface area contributed by atoms with E-state index in [0.29, 0.717) is 11.3 Å². The fourth-order valence-corrected chi connectivity index (χ4v) is 3.98. The SMILES string of the molecule is COc1c([C@H]2[C@H](C(=O)Nc3ccc([C@@H](O)[C@@H](C)O)nc3)OC(C)(C)[C@H]2C)ccc(F)c1F. The minimum atomic E-state index is -1.15. The molecule has 1 aliphatic heterocycles. The number of carbonyl (C=O) groups excluding carboxylic acids is 1. The number of ether oxygens (including phenoxy) is 2. The van der Waals surface area contributed by atoms with Gasteiger partial charge in [0.05, 0.1) is 36.4 Å². The lowest BCUT2D eigenvalue weighted by molar-refractivity contribution is -0.131. The van der Waals surface area contributed by atoms with Gasteiger partial charge in [-0.15, -0.1) is 0 Å². The number of pyridine rings is 1. The predicted octanol–water partition coefficient (Wildman–Crippen LogP) is 3.32. The Morgan fingerprint density at radius 1 is 1.25 bits per heavy atom. The molecule has 0 spiro atoms. The Hall–Kier alpha value is -2.62. The molecule has 1 amide bonds. The third kappa shape index (κ3) is 4.46. The Morgan fingerprint density at radius 2 is 1.94 bits per heavy atom. The van der Waals surface area contributed by atoms with Gasteiger partial charge in [0.15, 0.2) is 11.6 Å². The van der Waals surface area contributed by atoms with E-state index in [-0.39, 0.29) is 17.4 Å². The average molecular weight is 450 g/mol. The first-order chi connectivity index (χ1) is 15.0. The summed E-state index contributed by atoms with van der Waals surface area (Å²) in [7, 11) is 1.25. The molecule has 2 heterocycles. The van der Waals surface area contributed by atoms with Gasteiger partial charge in [-0.2, -0.15) is 4.39 Å². The van der Waals surface area contributed by atoms with Gasteiger partial charge in [0, 0.05) is 11.5 Å². The van der Waals surface area contributed by atoms with Crippen LogP contribution in [-0.2, 0) is 9.53 Å². The Balaban J connectivity index is 1.90. The van der Waals surface area contributed by atoms with Gasteiger partial charge in [-0.05, 0) is 44.9 Å². The maximum Gasteiger partial charge on any atom is 0.254 e. The average Bonchev–Trinajstić information content (AvgIpc) is 2.99. The van der Waals surface area contributed by atoms with Gasteiger partial charge in [0.1, 0.15) is 12.2 Å². The minimum absolute atomic E-state index is 0.223. The number of nitrogens with zero attached hydrogens (tertiary/aromatic N) is 1. The van der Waals surface area contributed by atoms with Crippen LogP contribution in [0.25, 0.3) is 0 Å². The molecule has 1 aliphatic rings. The second-order valence-electron chi connectivity index (χ2n) is 8.59. The summed E-state index contributed by atoms with van der Waals surface area (Å²) in [5.74, 6) is -3.71. The van der Waals surface area contributed by atoms with E-state index in [4.69, 9.17) is 9.47 Å². The molecule has 1 aromatic carbocycles. The van der Waals surface area contributed by atoms with E-state index in [1.165, 1.54) is 32.4 Å². The Kier molecular flexibility index (Phi) is 6.83. The molecule has 174 valence electrons. The van der Waals surface area contributed by atoms with Gasteiger partial charge in [-0.3, -0.25) is 9.78 Å². The second kappa shape index (κ2) is 9.09. The van der Waals surface area contributed by atoms with E-state index >= 15 is 0 Å². The zero-order valence-corrected chi connectivity index (χ0v) is 18.6. The lowest BCUT2D eigenvalue weighted by Gasteiger charge is -2.25. The number of hydrogen-bond acceptors (Lipinski definition) is 6. The summed E-state index contributed by atoms with van der Waals surface area (Å²) >= 11 is 0. The number of benzene rings is 1. The first kappa shape index (κ1) is 24.0. The number of anilines is 1. The van der Waals surface area contributed by atoms with E-state index in [0.717, 1.165) is 6.07 Å². The number of amides is 1. The van der Waals surface area contributed by atoms with Crippen molar-refractivity contribution in [3.63, 3.8) is 0 Å². The van der Waals surface area contributed by atoms with Gasteiger partial charge >= 0.3 is 0 Å². The smallest absolute Gasteiger partial charge is 0.254 e. The molecule has 1 fully saturated rings. The molecule has 0 unspecified atom stereocenters. The van der Waals surface area contributed by atoms with Crippen LogP contribution >= 0.6 is 0 Å². The third-order valence-electron chi connectivity index (χ3n) is 6.11. The van der Waals surface area contributed by atoms with Crippen LogP contribution < -0.4 is 10.1 Å². The summed E-state index contributed by atoms with van der Waals surface area (Å²) in [5, 5.41) is 22.1. The number of aliphatic hydroxyl groups is 2. The van der Waals surface area contributed by atoms with Crippen molar-refractivity contribution in [3.8, 4) is 5.75 Å². The lowest BCUT2D eigenvalue weighted by atomic mass is 9.78. The molecule has 9 heteroatoms. The van der Waals surface area contributed by atoms with Crippen molar-refractivity contribution >= 4 is 11.6 Å². The van der Waals surface area contributed by atoms with E-state index < -0.39 is 47.4 Å².